The number of hydrazone groups is 1. The minimum absolute atomic E-state index is 0.242. The second kappa shape index (κ2) is 8.16. The summed E-state index contributed by atoms with van der Waals surface area (Å²) < 4.78 is 0. The minimum atomic E-state index is -0.938. The molecule has 0 aliphatic carbocycles. The number of pyridine rings is 1. The van der Waals surface area contributed by atoms with Crippen LogP contribution >= 0.6 is 23.2 Å². The van der Waals surface area contributed by atoms with Crippen molar-refractivity contribution in [1.29, 1.82) is 0 Å². The van der Waals surface area contributed by atoms with Crippen LogP contribution in [0.4, 0.5) is 5.69 Å². The van der Waals surface area contributed by atoms with E-state index >= 15 is 0 Å². The number of amides is 2. The third-order valence-electron chi connectivity index (χ3n) is 3.65. The second-order valence-electron chi connectivity index (χ2n) is 5.70. The number of anilines is 1. The van der Waals surface area contributed by atoms with E-state index in [9.17, 15) is 9.59 Å². The highest BCUT2D eigenvalue weighted by Crippen LogP contribution is 2.21. The molecule has 0 aliphatic rings. The molecule has 0 unspecified atom stereocenters. The zero-order chi connectivity index (χ0) is 19.4. The van der Waals surface area contributed by atoms with E-state index < -0.39 is 11.8 Å². The predicted molar refractivity (Wildman–Crippen MR) is 107 cm³/mol. The summed E-state index contributed by atoms with van der Waals surface area (Å²) >= 11 is 12.1. The highest BCUT2D eigenvalue weighted by Gasteiger charge is 2.14. The van der Waals surface area contributed by atoms with Gasteiger partial charge in [0.25, 0.3) is 0 Å². The van der Waals surface area contributed by atoms with Gasteiger partial charge in [-0.25, -0.2) is 10.4 Å². The monoisotopic (exact) mass is 400 g/mol. The number of halogens is 2. The summed E-state index contributed by atoms with van der Waals surface area (Å²) in [5.41, 5.74) is 4.83. The molecule has 8 heteroatoms. The smallest absolute Gasteiger partial charge is 0.316 e. The number of hydrogen-bond acceptors (Lipinski definition) is 4. The first-order valence-electron chi connectivity index (χ1n) is 7.90. The topological polar surface area (TPSA) is 83.5 Å². The Kier molecular flexibility index (Phi) is 5.69. The van der Waals surface area contributed by atoms with Gasteiger partial charge < -0.3 is 5.32 Å². The molecule has 2 amide bonds. The maximum atomic E-state index is 11.9. The van der Waals surface area contributed by atoms with Crippen molar-refractivity contribution in [3.05, 3.63) is 69.8 Å². The standard InChI is InChI=1S/C19H14Cl2N4O2/c1-11-6-7-12-9-13(17(21)23-16(12)8-11)10-22-25-19(27)18(26)24-15-5-3-2-4-14(15)20/h2-10H,1H3,(H,24,26)(H,25,27). The Bertz CT molecular complexity index is 1070. The number of fused-ring (bicyclic) bond motifs is 1. The molecule has 27 heavy (non-hydrogen) atoms. The van der Waals surface area contributed by atoms with Crippen LogP contribution in [-0.2, 0) is 9.59 Å². The summed E-state index contributed by atoms with van der Waals surface area (Å²) in [6, 6.07) is 14.2. The van der Waals surface area contributed by atoms with Gasteiger partial charge in [-0.2, -0.15) is 5.10 Å². The molecule has 0 saturated carbocycles. The Morgan fingerprint density at radius 1 is 1.07 bits per heavy atom. The molecular formula is C19H14Cl2N4O2. The lowest BCUT2D eigenvalue weighted by Crippen LogP contribution is -2.32. The van der Waals surface area contributed by atoms with Gasteiger partial charge in [-0.3, -0.25) is 9.59 Å². The number of nitrogens with zero attached hydrogens (tertiary/aromatic N) is 2. The molecule has 2 aromatic carbocycles. The SMILES string of the molecule is Cc1ccc2cc(C=NNC(=O)C(=O)Nc3ccccc3Cl)c(Cl)nc2c1. The average molecular weight is 401 g/mol. The van der Waals surface area contributed by atoms with Crippen molar-refractivity contribution in [2.45, 2.75) is 6.92 Å². The lowest BCUT2D eigenvalue weighted by atomic mass is 10.1. The summed E-state index contributed by atoms with van der Waals surface area (Å²) in [6.07, 6.45) is 1.33. The number of benzene rings is 2. The molecule has 3 rings (SSSR count). The fourth-order valence-corrected chi connectivity index (χ4v) is 2.69. The first kappa shape index (κ1) is 18.8. The van der Waals surface area contributed by atoms with Crippen molar-refractivity contribution in [1.82, 2.24) is 10.4 Å². The second-order valence-corrected chi connectivity index (χ2v) is 6.46. The molecule has 2 N–H and O–H groups in total. The van der Waals surface area contributed by atoms with Gasteiger partial charge in [-0.15, -0.1) is 0 Å². The van der Waals surface area contributed by atoms with E-state index in [-0.39, 0.29) is 5.15 Å². The van der Waals surface area contributed by atoms with E-state index in [1.54, 1.807) is 30.3 Å². The number of carbonyl (C=O) groups excluding carboxylic acids is 2. The van der Waals surface area contributed by atoms with Crippen LogP contribution in [0, 0.1) is 6.92 Å². The van der Waals surface area contributed by atoms with E-state index in [2.05, 4.69) is 20.8 Å². The Morgan fingerprint density at radius 3 is 2.63 bits per heavy atom. The highest BCUT2D eigenvalue weighted by molar-refractivity contribution is 6.41. The molecule has 0 spiro atoms. The van der Waals surface area contributed by atoms with Crippen molar-refractivity contribution in [2.75, 3.05) is 5.32 Å². The molecule has 6 nitrogen and oxygen atoms in total. The number of hydrogen-bond donors (Lipinski definition) is 2. The van der Waals surface area contributed by atoms with Crippen LogP contribution in [0.2, 0.25) is 10.2 Å². The molecule has 136 valence electrons. The van der Waals surface area contributed by atoms with Crippen LogP contribution in [-0.4, -0.2) is 23.0 Å². The average Bonchev–Trinajstić information content (AvgIpc) is 2.64. The molecular weight excluding hydrogens is 387 g/mol. The van der Waals surface area contributed by atoms with Gasteiger partial charge in [0.15, 0.2) is 0 Å². The highest BCUT2D eigenvalue weighted by atomic mass is 35.5. The lowest BCUT2D eigenvalue weighted by molar-refractivity contribution is -0.136. The molecule has 0 saturated heterocycles. The van der Waals surface area contributed by atoms with Gasteiger partial charge in [0.2, 0.25) is 0 Å². The molecule has 1 heterocycles. The Morgan fingerprint density at radius 2 is 1.85 bits per heavy atom. The summed E-state index contributed by atoms with van der Waals surface area (Å²) in [6.45, 7) is 1.97. The first-order valence-corrected chi connectivity index (χ1v) is 8.65. The zero-order valence-corrected chi connectivity index (χ0v) is 15.7. The van der Waals surface area contributed by atoms with Gasteiger partial charge in [0, 0.05) is 10.9 Å². The molecule has 0 atom stereocenters. The number of aryl methyl sites for hydroxylation is 1. The molecule has 3 aromatic rings. The van der Waals surface area contributed by atoms with Crippen LogP contribution in [0.25, 0.3) is 10.9 Å². The lowest BCUT2D eigenvalue weighted by Gasteiger charge is -2.05. The largest absolute Gasteiger partial charge is 0.329 e. The summed E-state index contributed by atoms with van der Waals surface area (Å²) in [7, 11) is 0. The number of carbonyl (C=O) groups is 2. The first-order chi connectivity index (χ1) is 12.9. The van der Waals surface area contributed by atoms with Crippen LogP contribution in [0.1, 0.15) is 11.1 Å². The van der Waals surface area contributed by atoms with Crippen LogP contribution in [0.3, 0.4) is 0 Å². The van der Waals surface area contributed by atoms with E-state index in [1.807, 2.05) is 25.1 Å². The number of aromatic nitrogens is 1. The summed E-state index contributed by atoms with van der Waals surface area (Å²) in [5, 5.41) is 7.62. The molecule has 0 aliphatic heterocycles. The third-order valence-corrected chi connectivity index (χ3v) is 4.28. The number of rotatable bonds is 3. The predicted octanol–water partition coefficient (Wildman–Crippen LogP) is 3.94. The molecule has 1 aromatic heterocycles. The summed E-state index contributed by atoms with van der Waals surface area (Å²) in [4.78, 5) is 28.0. The molecule has 0 bridgehead atoms. The Balaban J connectivity index is 1.68. The zero-order valence-electron chi connectivity index (χ0n) is 14.2. The van der Waals surface area contributed by atoms with Gasteiger partial charge in [-0.05, 0) is 36.8 Å². The quantitative estimate of drug-likeness (QED) is 0.302. The molecule has 0 fully saturated rings. The van der Waals surface area contributed by atoms with Gasteiger partial charge in [0.05, 0.1) is 22.4 Å². The van der Waals surface area contributed by atoms with Gasteiger partial charge in [-0.1, -0.05) is 47.5 Å². The van der Waals surface area contributed by atoms with E-state index in [0.29, 0.717) is 16.3 Å². The van der Waals surface area contributed by atoms with Crippen molar-refractivity contribution >= 4 is 57.8 Å². The number of para-hydroxylation sites is 1. The molecule has 0 radical (unpaired) electrons. The third kappa shape index (κ3) is 4.61. The van der Waals surface area contributed by atoms with Crippen molar-refractivity contribution in [3.8, 4) is 0 Å². The van der Waals surface area contributed by atoms with Crippen molar-refractivity contribution in [2.24, 2.45) is 5.10 Å². The van der Waals surface area contributed by atoms with Crippen LogP contribution in [0.5, 0.6) is 0 Å². The fourth-order valence-electron chi connectivity index (χ4n) is 2.31. The minimum Gasteiger partial charge on any atom is -0.316 e. The maximum Gasteiger partial charge on any atom is 0.329 e. The number of nitrogens with one attached hydrogen (secondary N) is 2. The summed E-state index contributed by atoms with van der Waals surface area (Å²) in [5.74, 6) is -1.83. The van der Waals surface area contributed by atoms with E-state index in [0.717, 1.165) is 16.5 Å². The van der Waals surface area contributed by atoms with Gasteiger partial charge in [0.1, 0.15) is 5.15 Å². The Hall–Kier alpha value is -2.96. The van der Waals surface area contributed by atoms with E-state index in [4.69, 9.17) is 23.2 Å². The fraction of sp³-hybridized carbons (Fsp3) is 0.0526. The van der Waals surface area contributed by atoms with Crippen molar-refractivity contribution in [3.63, 3.8) is 0 Å². The Labute approximate surface area is 165 Å². The normalized spacial score (nSPS) is 10.9. The van der Waals surface area contributed by atoms with Crippen molar-refractivity contribution < 1.29 is 9.59 Å². The van der Waals surface area contributed by atoms with Crippen LogP contribution < -0.4 is 10.7 Å². The van der Waals surface area contributed by atoms with E-state index in [1.165, 1.54) is 6.21 Å². The maximum absolute atomic E-state index is 11.9. The van der Waals surface area contributed by atoms with Crippen LogP contribution in [0.15, 0.2) is 53.6 Å². The van der Waals surface area contributed by atoms with Gasteiger partial charge >= 0.3 is 11.8 Å².